The van der Waals surface area contributed by atoms with E-state index in [0.717, 1.165) is 30.1 Å². The second-order valence-corrected chi connectivity index (χ2v) is 8.09. The number of nitrogens with zero attached hydrogens (tertiary/aromatic N) is 3. The van der Waals surface area contributed by atoms with Gasteiger partial charge in [0.05, 0.1) is 16.5 Å². The number of piperidine rings is 1. The molecule has 9 nitrogen and oxygen atoms in total. The highest BCUT2D eigenvalue weighted by molar-refractivity contribution is 5.91. The van der Waals surface area contributed by atoms with Gasteiger partial charge in [-0.05, 0) is 49.1 Å². The molecule has 0 aliphatic carbocycles. The predicted octanol–water partition coefficient (Wildman–Crippen LogP) is 3.37. The van der Waals surface area contributed by atoms with Crippen molar-refractivity contribution >= 4 is 28.4 Å². The Labute approximate surface area is 178 Å². The average molecular weight is 424 g/mol. The molecule has 9 heteroatoms. The van der Waals surface area contributed by atoms with Crippen molar-refractivity contribution in [3.8, 4) is 0 Å². The Hall–Kier alpha value is -3.46. The summed E-state index contributed by atoms with van der Waals surface area (Å²) in [4.78, 5) is 37.3. The number of oxazole rings is 1. The molecule has 1 aliphatic heterocycles. The van der Waals surface area contributed by atoms with Crippen molar-refractivity contribution in [3.63, 3.8) is 0 Å². The van der Waals surface area contributed by atoms with Crippen molar-refractivity contribution < 1.29 is 14.1 Å². The molecule has 0 radical (unpaired) electrons. The van der Waals surface area contributed by atoms with Gasteiger partial charge in [-0.3, -0.25) is 24.4 Å². The summed E-state index contributed by atoms with van der Waals surface area (Å²) in [6, 6.07) is 11.5. The van der Waals surface area contributed by atoms with Gasteiger partial charge in [-0.2, -0.15) is 0 Å². The van der Waals surface area contributed by atoms with E-state index in [1.807, 2.05) is 24.3 Å². The summed E-state index contributed by atoms with van der Waals surface area (Å²) in [6.07, 6.45) is 2.51. The van der Waals surface area contributed by atoms with E-state index in [1.54, 1.807) is 0 Å². The van der Waals surface area contributed by atoms with E-state index in [9.17, 15) is 19.7 Å². The van der Waals surface area contributed by atoms with Crippen molar-refractivity contribution in [2.24, 2.45) is 5.92 Å². The van der Waals surface area contributed by atoms with Gasteiger partial charge in [-0.1, -0.05) is 19.1 Å². The van der Waals surface area contributed by atoms with Crippen LogP contribution in [0.25, 0.3) is 11.1 Å². The van der Waals surface area contributed by atoms with Crippen LogP contribution < -0.4 is 11.1 Å². The van der Waals surface area contributed by atoms with Crippen molar-refractivity contribution in [3.05, 3.63) is 68.7 Å². The molecule has 2 heterocycles. The summed E-state index contributed by atoms with van der Waals surface area (Å²) in [7, 11) is 0. The number of carbonyl (C=O) groups excluding carboxylic acids is 1. The number of likely N-dealkylation sites (tertiary alicyclic amines) is 1. The third-order valence-electron chi connectivity index (χ3n) is 5.55. The van der Waals surface area contributed by atoms with Crippen LogP contribution in [0.4, 0.5) is 11.4 Å². The highest BCUT2D eigenvalue weighted by atomic mass is 16.6. The number of nitro benzene ring substituents is 1. The number of aromatic nitrogens is 1. The number of hydrogen-bond acceptors (Lipinski definition) is 6. The first-order chi connectivity index (χ1) is 14.9. The van der Waals surface area contributed by atoms with E-state index < -0.39 is 10.7 Å². The Morgan fingerprint density at radius 1 is 1.26 bits per heavy atom. The number of nitro groups is 1. The molecule has 31 heavy (non-hydrogen) atoms. The Bertz CT molecular complexity index is 1160. The Balaban J connectivity index is 1.40. The molecule has 0 spiro atoms. The lowest BCUT2D eigenvalue weighted by Crippen LogP contribution is -2.33. The number of nitrogens with one attached hydrogen (secondary N) is 1. The monoisotopic (exact) mass is 424 g/mol. The molecule has 1 atom stereocenters. The summed E-state index contributed by atoms with van der Waals surface area (Å²) in [5.41, 5.74) is 2.04. The molecule has 4 rings (SSSR count). The van der Waals surface area contributed by atoms with Crippen LogP contribution in [0.3, 0.4) is 0 Å². The van der Waals surface area contributed by atoms with E-state index in [0.29, 0.717) is 11.2 Å². The fourth-order valence-corrected chi connectivity index (χ4v) is 4.04. The quantitative estimate of drug-likeness (QED) is 0.480. The Morgan fingerprint density at radius 2 is 2.03 bits per heavy atom. The zero-order valence-electron chi connectivity index (χ0n) is 17.2. The lowest BCUT2D eigenvalue weighted by molar-refractivity contribution is -0.384. The zero-order chi connectivity index (χ0) is 22.0. The van der Waals surface area contributed by atoms with Crippen LogP contribution in [0.15, 0.2) is 51.7 Å². The van der Waals surface area contributed by atoms with E-state index in [4.69, 9.17) is 4.42 Å². The number of benzene rings is 2. The minimum Gasteiger partial charge on any atom is -0.407 e. The van der Waals surface area contributed by atoms with Crippen molar-refractivity contribution in [2.75, 3.05) is 18.4 Å². The molecule has 2 aromatic carbocycles. The molecule has 1 unspecified atom stereocenters. The normalized spacial score (nSPS) is 17.0. The fraction of sp³-hybridized carbons (Fsp3) is 0.364. The van der Waals surface area contributed by atoms with Crippen LogP contribution in [0, 0.1) is 16.0 Å². The third-order valence-corrected chi connectivity index (χ3v) is 5.55. The standard InChI is InChI=1S/C22H24N4O5/c1-15-3-2-10-24(12-15)13-16-4-6-17(7-5-16)23-21(27)14-25-19-9-8-18(26(29)30)11-20(19)31-22(25)28/h4-9,11,15H,2-3,10,12-14H2,1H3,(H,23,27). The molecule has 3 aromatic rings. The number of amides is 1. The smallest absolute Gasteiger partial charge is 0.407 e. The Morgan fingerprint density at radius 3 is 2.74 bits per heavy atom. The number of rotatable bonds is 6. The van der Waals surface area contributed by atoms with Crippen LogP contribution in [0.5, 0.6) is 0 Å². The summed E-state index contributed by atoms with van der Waals surface area (Å²) in [5.74, 6) is -0.404. The van der Waals surface area contributed by atoms with Crippen molar-refractivity contribution in [1.29, 1.82) is 0 Å². The van der Waals surface area contributed by atoms with E-state index in [2.05, 4.69) is 17.1 Å². The van der Waals surface area contributed by atoms with Crippen molar-refractivity contribution in [2.45, 2.75) is 32.9 Å². The number of carbonyl (C=O) groups is 1. The summed E-state index contributed by atoms with van der Waals surface area (Å²) >= 11 is 0. The van der Waals surface area contributed by atoms with E-state index in [1.165, 1.54) is 36.6 Å². The van der Waals surface area contributed by atoms with Gasteiger partial charge in [-0.15, -0.1) is 0 Å². The van der Waals surface area contributed by atoms with Gasteiger partial charge in [0, 0.05) is 24.8 Å². The number of non-ortho nitro benzene ring substituents is 1. The molecule has 1 N–H and O–H groups in total. The first kappa shape index (κ1) is 20.8. The predicted molar refractivity (Wildman–Crippen MR) is 116 cm³/mol. The van der Waals surface area contributed by atoms with Gasteiger partial charge in [0.1, 0.15) is 6.54 Å². The first-order valence-electron chi connectivity index (χ1n) is 10.3. The fourth-order valence-electron chi connectivity index (χ4n) is 4.04. The molecular weight excluding hydrogens is 400 g/mol. The highest BCUT2D eigenvalue weighted by Gasteiger charge is 2.17. The van der Waals surface area contributed by atoms with Crippen LogP contribution in [-0.4, -0.2) is 33.4 Å². The van der Waals surface area contributed by atoms with Crippen LogP contribution in [0.2, 0.25) is 0 Å². The van der Waals surface area contributed by atoms with Gasteiger partial charge in [0.25, 0.3) is 5.69 Å². The zero-order valence-corrected chi connectivity index (χ0v) is 17.2. The van der Waals surface area contributed by atoms with Crippen LogP contribution in [0.1, 0.15) is 25.3 Å². The topological polar surface area (TPSA) is 111 Å². The summed E-state index contributed by atoms with van der Waals surface area (Å²) in [5, 5.41) is 13.7. The lowest BCUT2D eigenvalue weighted by Gasteiger charge is -2.30. The highest BCUT2D eigenvalue weighted by Crippen LogP contribution is 2.21. The maximum Gasteiger partial charge on any atom is 0.420 e. The second kappa shape index (κ2) is 8.73. The molecular formula is C22H24N4O5. The Kier molecular flexibility index (Phi) is 5.85. The third kappa shape index (κ3) is 4.83. The summed E-state index contributed by atoms with van der Waals surface area (Å²) in [6.45, 7) is 5.13. The number of fused-ring (bicyclic) bond motifs is 1. The minimum absolute atomic E-state index is 0.0726. The van der Waals surface area contributed by atoms with E-state index >= 15 is 0 Å². The molecule has 1 amide bonds. The number of hydrogen-bond donors (Lipinski definition) is 1. The van der Waals surface area contributed by atoms with Crippen molar-refractivity contribution in [1.82, 2.24) is 9.47 Å². The minimum atomic E-state index is -0.739. The van der Waals surface area contributed by atoms with Gasteiger partial charge >= 0.3 is 5.76 Å². The van der Waals surface area contributed by atoms with Gasteiger partial charge in [0.15, 0.2) is 5.58 Å². The molecule has 0 saturated carbocycles. The molecule has 1 aromatic heterocycles. The number of anilines is 1. The molecule has 162 valence electrons. The van der Waals surface area contributed by atoms with Gasteiger partial charge in [0.2, 0.25) is 5.91 Å². The maximum atomic E-state index is 12.5. The summed E-state index contributed by atoms with van der Waals surface area (Å²) < 4.78 is 6.21. The SMILES string of the molecule is CC1CCCN(Cc2ccc(NC(=O)Cn3c(=O)oc4cc([N+](=O)[O-])ccc43)cc2)C1. The molecule has 0 bridgehead atoms. The second-order valence-electron chi connectivity index (χ2n) is 8.09. The lowest BCUT2D eigenvalue weighted by atomic mass is 10.00. The molecule has 1 saturated heterocycles. The first-order valence-corrected chi connectivity index (χ1v) is 10.3. The maximum absolute atomic E-state index is 12.5. The van der Waals surface area contributed by atoms with Crippen LogP contribution >= 0.6 is 0 Å². The van der Waals surface area contributed by atoms with E-state index in [-0.39, 0.29) is 23.7 Å². The van der Waals surface area contributed by atoms with Gasteiger partial charge < -0.3 is 9.73 Å². The van der Waals surface area contributed by atoms with Gasteiger partial charge in [-0.25, -0.2) is 4.79 Å². The largest absolute Gasteiger partial charge is 0.420 e. The molecule has 1 aliphatic rings. The average Bonchev–Trinajstić information content (AvgIpc) is 3.04. The van der Waals surface area contributed by atoms with Crippen LogP contribution in [-0.2, 0) is 17.9 Å². The molecule has 1 fully saturated rings.